The van der Waals surface area contributed by atoms with E-state index in [1.165, 1.54) is 19.3 Å². The second kappa shape index (κ2) is 5.57. The summed E-state index contributed by atoms with van der Waals surface area (Å²) < 4.78 is 5.24. The predicted molar refractivity (Wildman–Crippen MR) is 96.9 cm³/mol. The van der Waals surface area contributed by atoms with Gasteiger partial charge in [0.25, 0.3) is 0 Å². The van der Waals surface area contributed by atoms with E-state index in [0.29, 0.717) is 29.5 Å². The summed E-state index contributed by atoms with van der Waals surface area (Å²) in [6, 6.07) is 0. The Labute approximate surface area is 152 Å². The normalized spacial score (nSPS) is 52.1. The molecular formula is C22H34O3. The second-order valence-electron chi connectivity index (χ2n) is 10.2. The molecular weight excluding hydrogens is 312 g/mol. The van der Waals surface area contributed by atoms with Gasteiger partial charge in [-0.25, -0.2) is 0 Å². The molecule has 0 amide bonds. The monoisotopic (exact) mass is 346 g/mol. The lowest BCUT2D eigenvalue weighted by Crippen LogP contribution is -2.58. The lowest BCUT2D eigenvalue weighted by atomic mass is 9.41. The summed E-state index contributed by atoms with van der Waals surface area (Å²) in [7, 11) is 1.54. The van der Waals surface area contributed by atoms with Crippen molar-refractivity contribution in [3.63, 3.8) is 0 Å². The molecule has 4 aliphatic rings. The maximum Gasteiger partial charge on any atom is 0.311 e. The fourth-order valence-corrected chi connectivity index (χ4v) is 8.12. The molecule has 4 saturated carbocycles. The number of rotatable bonds is 1. The molecule has 0 aromatic heterocycles. The molecule has 0 spiro atoms. The largest absolute Gasteiger partial charge is 0.469 e. The van der Waals surface area contributed by atoms with Gasteiger partial charge in [-0.15, -0.1) is 0 Å². The van der Waals surface area contributed by atoms with Crippen molar-refractivity contribution in [2.45, 2.75) is 78.6 Å². The van der Waals surface area contributed by atoms with Crippen molar-refractivity contribution in [3.8, 4) is 0 Å². The summed E-state index contributed by atoms with van der Waals surface area (Å²) in [6.07, 6.45) is 9.80. The van der Waals surface area contributed by atoms with Crippen molar-refractivity contribution in [2.75, 3.05) is 7.11 Å². The van der Waals surface area contributed by atoms with E-state index in [0.717, 1.165) is 38.5 Å². The van der Waals surface area contributed by atoms with Gasteiger partial charge in [-0.05, 0) is 81.0 Å². The van der Waals surface area contributed by atoms with Crippen LogP contribution >= 0.6 is 0 Å². The van der Waals surface area contributed by atoms with Crippen LogP contribution in [-0.4, -0.2) is 18.9 Å². The van der Waals surface area contributed by atoms with Gasteiger partial charge < -0.3 is 4.74 Å². The highest BCUT2D eigenvalue weighted by Crippen LogP contribution is 2.68. The lowest BCUT2D eigenvalue weighted by molar-refractivity contribution is -0.181. The Morgan fingerprint density at radius 2 is 1.76 bits per heavy atom. The Hall–Kier alpha value is -0.860. The van der Waals surface area contributed by atoms with Crippen molar-refractivity contribution < 1.29 is 14.3 Å². The number of hydrogen-bond acceptors (Lipinski definition) is 3. The van der Waals surface area contributed by atoms with Gasteiger partial charge in [0.2, 0.25) is 0 Å². The number of carbonyl (C=O) groups is 2. The van der Waals surface area contributed by atoms with Crippen molar-refractivity contribution >= 4 is 11.8 Å². The number of fused-ring (bicyclic) bond motifs is 5. The highest BCUT2D eigenvalue weighted by atomic mass is 16.5. The average Bonchev–Trinajstić information content (AvgIpc) is 2.89. The standard InChI is InChI=1S/C22H34O3/c1-20-11-5-12-22(3,19(24)25-4)17(20)8-6-14-15-7-9-18(23)21(15,2)13-10-16(14)20/h14-17H,5-13H2,1-4H3/t14-,15-,16-,17+,20+,21-,22+/m0/s1. The molecule has 3 heteroatoms. The van der Waals surface area contributed by atoms with E-state index in [1.807, 2.05) is 0 Å². The molecule has 0 heterocycles. The third kappa shape index (κ3) is 2.16. The van der Waals surface area contributed by atoms with Crippen LogP contribution in [0.25, 0.3) is 0 Å². The summed E-state index contributed by atoms with van der Waals surface area (Å²) in [4.78, 5) is 25.2. The number of hydrogen-bond donors (Lipinski definition) is 0. The molecule has 0 unspecified atom stereocenters. The first-order valence-electron chi connectivity index (χ1n) is 10.4. The van der Waals surface area contributed by atoms with Crippen LogP contribution in [-0.2, 0) is 14.3 Å². The van der Waals surface area contributed by atoms with Gasteiger partial charge in [0.05, 0.1) is 12.5 Å². The molecule has 0 aromatic rings. The predicted octanol–water partition coefficient (Wildman–Crippen LogP) is 4.78. The van der Waals surface area contributed by atoms with Crippen molar-refractivity contribution in [1.29, 1.82) is 0 Å². The first kappa shape index (κ1) is 17.5. The van der Waals surface area contributed by atoms with Crippen LogP contribution < -0.4 is 0 Å². The van der Waals surface area contributed by atoms with Gasteiger partial charge in [-0.2, -0.15) is 0 Å². The highest BCUT2D eigenvalue weighted by Gasteiger charge is 2.63. The highest BCUT2D eigenvalue weighted by molar-refractivity contribution is 5.87. The third-order valence-corrected chi connectivity index (χ3v) is 9.41. The quantitative estimate of drug-likeness (QED) is 0.642. The maximum absolute atomic E-state index is 12.7. The molecule has 4 rings (SSSR count). The van der Waals surface area contributed by atoms with Crippen LogP contribution in [0.4, 0.5) is 0 Å². The Bertz CT molecular complexity index is 598. The SMILES string of the molecule is COC(=O)[C@]1(C)CCC[C@@]2(C)[C@H]1CC[C@@H]1[C@@H]2CC[C@]2(C)C(=O)CC[C@@H]12. The third-order valence-electron chi connectivity index (χ3n) is 9.41. The Morgan fingerprint density at radius 1 is 1.00 bits per heavy atom. The topological polar surface area (TPSA) is 43.4 Å². The van der Waals surface area contributed by atoms with Gasteiger partial charge in [-0.1, -0.05) is 20.3 Å². The number of carbonyl (C=O) groups excluding carboxylic acids is 2. The van der Waals surface area contributed by atoms with E-state index in [2.05, 4.69) is 20.8 Å². The molecule has 4 fully saturated rings. The average molecular weight is 347 g/mol. The first-order chi connectivity index (χ1) is 11.8. The van der Waals surface area contributed by atoms with E-state index in [1.54, 1.807) is 7.11 Å². The Morgan fingerprint density at radius 3 is 2.48 bits per heavy atom. The minimum absolute atomic E-state index is 0.00133. The van der Waals surface area contributed by atoms with Gasteiger partial charge in [-0.3, -0.25) is 9.59 Å². The zero-order chi connectivity index (χ0) is 18.0. The van der Waals surface area contributed by atoms with Crippen LogP contribution in [0.5, 0.6) is 0 Å². The lowest BCUT2D eigenvalue weighted by Gasteiger charge is -2.62. The fraction of sp³-hybridized carbons (Fsp3) is 0.909. The first-order valence-corrected chi connectivity index (χ1v) is 10.4. The summed E-state index contributed by atoms with van der Waals surface area (Å²) >= 11 is 0. The Kier molecular flexibility index (Phi) is 3.91. The number of ether oxygens (including phenoxy) is 1. The van der Waals surface area contributed by atoms with Crippen LogP contribution in [0.1, 0.15) is 78.6 Å². The summed E-state index contributed by atoms with van der Waals surface area (Å²) in [5.74, 6) is 2.91. The summed E-state index contributed by atoms with van der Waals surface area (Å²) in [5.41, 5.74) is -0.138. The van der Waals surface area contributed by atoms with Crippen LogP contribution in [0, 0.1) is 39.9 Å². The van der Waals surface area contributed by atoms with Crippen LogP contribution in [0.2, 0.25) is 0 Å². The van der Waals surface area contributed by atoms with Crippen molar-refractivity contribution in [2.24, 2.45) is 39.9 Å². The van der Waals surface area contributed by atoms with E-state index in [9.17, 15) is 9.59 Å². The molecule has 4 aliphatic carbocycles. The molecule has 0 bridgehead atoms. The van der Waals surface area contributed by atoms with Gasteiger partial charge >= 0.3 is 5.97 Å². The van der Waals surface area contributed by atoms with E-state index < -0.39 is 0 Å². The number of ketones is 1. The molecule has 7 atom stereocenters. The molecule has 140 valence electrons. The minimum atomic E-state index is -0.320. The molecule has 0 N–H and O–H groups in total. The summed E-state index contributed by atoms with van der Waals surface area (Å²) in [6.45, 7) is 6.87. The van der Waals surface area contributed by atoms with E-state index in [4.69, 9.17) is 4.74 Å². The van der Waals surface area contributed by atoms with Gasteiger partial charge in [0.1, 0.15) is 5.78 Å². The smallest absolute Gasteiger partial charge is 0.311 e. The molecule has 0 aliphatic heterocycles. The molecule has 0 aromatic carbocycles. The van der Waals surface area contributed by atoms with Crippen molar-refractivity contribution in [1.82, 2.24) is 0 Å². The zero-order valence-corrected chi connectivity index (χ0v) is 16.4. The molecule has 25 heavy (non-hydrogen) atoms. The van der Waals surface area contributed by atoms with Gasteiger partial charge in [0, 0.05) is 11.8 Å². The van der Waals surface area contributed by atoms with E-state index >= 15 is 0 Å². The minimum Gasteiger partial charge on any atom is -0.469 e. The van der Waals surface area contributed by atoms with Gasteiger partial charge in [0.15, 0.2) is 0 Å². The number of methoxy groups -OCH3 is 1. The maximum atomic E-state index is 12.7. The Balaban J connectivity index is 1.68. The molecule has 3 nitrogen and oxygen atoms in total. The number of esters is 1. The van der Waals surface area contributed by atoms with Crippen molar-refractivity contribution in [3.05, 3.63) is 0 Å². The van der Waals surface area contributed by atoms with Crippen LogP contribution in [0.15, 0.2) is 0 Å². The fourth-order valence-electron chi connectivity index (χ4n) is 8.12. The summed E-state index contributed by atoms with van der Waals surface area (Å²) in [5, 5.41) is 0. The molecule has 0 saturated heterocycles. The number of Topliss-reactive ketones (excluding diaryl/α,β-unsaturated/α-hetero) is 1. The second-order valence-corrected chi connectivity index (χ2v) is 10.2. The zero-order valence-electron chi connectivity index (χ0n) is 16.4. The molecule has 0 radical (unpaired) electrons. The van der Waals surface area contributed by atoms with Crippen LogP contribution in [0.3, 0.4) is 0 Å². The van der Waals surface area contributed by atoms with E-state index in [-0.39, 0.29) is 22.2 Å².